The number of rotatable bonds is 7. The van der Waals surface area contributed by atoms with Crippen molar-refractivity contribution in [2.45, 2.75) is 12.6 Å². The van der Waals surface area contributed by atoms with Gasteiger partial charge in [-0.1, -0.05) is 24.3 Å². The average Bonchev–Trinajstić information content (AvgIpc) is 3.17. The Kier molecular flexibility index (Phi) is 7.24. The molecule has 9 heteroatoms. The fraction of sp³-hybridized carbons (Fsp3) is 0.179. The summed E-state index contributed by atoms with van der Waals surface area (Å²) < 4.78 is 29.3. The lowest BCUT2D eigenvalue weighted by Crippen LogP contribution is -2.29. The topological polar surface area (TPSA) is 102 Å². The Balaban J connectivity index is 1.84. The number of ketones is 1. The Morgan fingerprint density at radius 1 is 0.946 bits per heavy atom. The smallest absolute Gasteiger partial charge is 0.337 e. The summed E-state index contributed by atoms with van der Waals surface area (Å²) in [5, 5.41) is 11.2. The van der Waals surface area contributed by atoms with Crippen molar-refractivity contribution in [3.8, 4) is 11.5 Å². The van der Waals surface area contributed by atoms with E-state index in [0.717, 1.165) is 12.1 Å². The highest BCUT2D eigenvalue weighted by molar-refractivity contribution is 6.46. The van der Waals surface area contributed by atoms with Gasteiger partial charge < -0.3 is 24.2 Å². The molecule has 0 spiro atoms. The van der Waals surface area contributed by atoms with Crippen molar-refractivity contribution in [3.05, 3.63) is 100 Å². The molecule has 1 unspecified atom stereocenters. The lowest BCUT2D eigenvalue weighted by atomic mass is 9.94. The second-order valence-electron chi connectivity index (χ2n) is 8.23. The Labute approximate surface area is 212 Å². The molecular formula is C28H24FNO7. The van der Waals surface area contributed by atoms with Crippen LogP contribution in [-0.4, -0.2) is 49.0 Å². The minimum Gasteiger partial charge on any atom is -0.507 e. The third kappa shape index (κ3) is 4.88. The van der Waals surface area contributed by atoms with Crippen molar-refractivity contribution in [1.29, 1.82) is 0 Å². The van der Waals surface area contributed by atoms with Crippen molar-refractivity contribution in [1.82, 2.24) is 4.90 Å². The number of esters is 1. The molecule has 0 saturated carbocycles. The number of nitrogens with zero attached hydrogens (tertiary/aromatic N) is 1. The Hall–Kier alpha value is -4.66. The van der Waals surface area contributed by atoms with E-state index in [0.29, 0.717) is 22.4 Å². The van der Waals surface area contributed by atoms with E-state index >= 15 is 0 Å². The first-order valence-corrected chi connectivity index (χ1v) is 11.2. The molecular weight excluding hydrogens is 481 g/mol. The average molecular weight is 505 g/mol. The SMILES string of the molecule is COC(=O)c1ccc(CN2C(=O)C(=O)/C(=C(/O)c3cc(F)ccc3OC)C2c2ccc(OC)cc2)cc1. The monoisotopic (exact) mass is 505 g/mol. The predicted molar refractivity (Wildman–Crippen MR) is 132 cm³/mol. The minimum atomic E-state index is -0.987. The van der Waals surface area contributed by atoms with Crippen LogP contribution >= 0.6 is 0 Å². The molecule has 1 saturated heterocycles. The van der Waals surface area contributed by atoms with Crippen LogP contribution in [0.4, 0.5) is 4.39 Å². The van der Waals surface area contributed by atoms with Gasteiger partial charge in [-0.25, -0.2) is 9.18 Å². The minimum absolute atomic E-state index is 0.000211. The molecule has 1 aliphatic rings. The van der Waals surface area contributed by atoms with Gasteiger partial charge in [0.15, 0.2) is 0 Å². The van der Waals surface area contributed by atoms with Crippen LogP contribution in [0.3, 0.4) is 0 Å². The van der Waals surface area contributed by atoms with Crippen LogP contribution in [0, 0.1) is 5.82 Å². The highest BCUT2D eigenvalue weighted by Crippen LogP contribution is 2.42. The molecule has 3 aromatic rings. The lowest BCUT2D eigenvalue weighted by molar-refractivity contribution is -0.140. The van der Waals surface area contributed by atoms with E-state index in [-0.39, 0.29) is 23.4 Å². The molecule has 8 nitrogen and oxygen atoms in total. The van der Waals surface area contributed by atoms with Crippen LogP contribution in [0.15, 0.2) is 72.3 Å². The van der Waals surface area contributed by atoms with Crippen molar-refractivity contribution >= 4 is 23.4 Å². The van der Waals surface area contributed by atoms with E-state index in [2.05, 4.69) is 0 Å². The summed E-state index contributed by atoms with van der Waals surface area (Å²) in [5.74, 6) is -2.77. The number of carbonyl (C=O) groups excluding carboxylic acids is 3. The van der Waals surface area contributed by atoms with E-state index in [1.54, 1.807) is 48.5 Å². The van der Waals surface area contributed by atoms with Gasteiger partial charge in [0.2, 0.25) is 0 Å². The molecule has 0 bridgehead atoms. The second-order valence-corrected chi connectivity index (χ2v) is 8.23. The number of aliphatic hydroxyl groups is 1. The number of amides is 1. The Bertz CT molecular complexity index is 1380. The molecule has 1 N–H and O–H groups in total. The molecule has 0 radical (unpaired) electrons. The first kappa shape index (κ1) is 25.4. The van der Waals surface area contributed by atoms with Crippen molar-refractivity contribution < 1.29 is 38.1 Å². The van der Waals surface area contributed by atoms with Crippen LogP contribution in [0.5, 0.6) is 11.5 Å². The predicted octanol–water partition coefficient (Wildman–Crippen LogP) is 4.25. The summed E-state index contributed by atoms with van der Waals surface area (Å²) in [4.78, 5) is 39.6. The molecule has 0 aromatic heterocycles. The number of ether oxygens (including phenoxy) is 3. The Morgan fingerprint density at radius 2 is 1.62 bits per heavy atom. The molecule has 1 heterocycles. The molecule has 1 atom stereocenters. The van der Waals surface area contributed by atoms with Gasteiger partial charge >= 0.3 is 5.97 Å². The number of likely N-dealkylation sites (tertiary alicyclic amines) is 1. The van der Waals surface area contributed by atoms with Crippen molar-refractivity contribution in [2.75, 3.05) is 21.3 Å². The van der Waals surface area contributed by atoms with Crippen LogP contribution < -0.4 is 9.47 Å². The normalized spacial score (nSPS) is 16.5. The summed E-state index contributed by atoms with van der Waals surface area (Å²) >= 11 is 0. The lowest BCUT2D eigenvalue weighted by Gasteiger charge is -2.26. The maximum Gasteiger partial charge on any atom is 0.337 e. The fourth-order valence-electron chi connectivity index (χ4n) is 4.25. The Morgan fingerprint density at radius 3 is 2.22 bits per heavy atom. The number of carbonyl (C=O) groups is 3. The number of hydrogen-bond acceptors (Lipinski definition) is 7. The van der Waals surface area contributed by atoms with Crippen molar-refractivity contribution in [2.24, 2.45) is 0 Å². The molecule has 1 amide bonds. The van der Waals surface area contributed by atoms with Gasteiger partial charge in [-0.2, -0.15) is 0 Å². The van der Waals surface area contributed by atoms with Crippen LogP contribution in [-0.2, 0) is 20.9 Å². The van der Waals surface area contributed by atoms with Gasteiger partial charge in [0.25, 0.3) is 11.7 Å². The van der Waals surface area contributed by atoms with Crippen molar-refractivity contribution in [3.63, 3.8) is 0 Å². The highest BCUT2D eigenvalue weighted by Gasteiger charge is 2.46. The van der Waals surface area contributed by atoms with E-state index in [1.165, 1.54) is 32.3 Å². The van der Waals surface area contributed by atoms with Crippen LogP contribution in [0.25, 0.3) is 5.76 Å². The number of aliphatic hydroxyl groups excluding tert-OH is 1. The van der Waals surface area contributed by atoms with Gasteiger partial charge in [-0.15, -0.1) is 0 Å². The summed E-state index contributed by atoms with van der Waals surface area (Å²) in [5.41, 5.74) is 1.24. The number of Topliss-reactive ketones (excluding diaryl/α,β-unsaturated/α-hetero) is 1. The molecule has 0 aliphatic carbocycles. The standard InChI is InChI=1S/C28H24FNO7/c1-35-20-11-8-17(9-12-20)24-23(25(31)21-14-19(29)10-13-22(21)36-2)26(32)27(33)30(24)15-16-4-6-18(7-5-16)28(34)37-3/h4-14,24,31H,15H2,1-3H3/b25-23+. The molecule has 190 valence electrons. The number of hydrogen-bond donors (Lipinski definition) is 1. The fourth-order valence-corrected chi connectivity index (χ4v) is 4.25. The van der Waals surface area contributed by atoms with Gasteiger partial charge in [-0.3, -0.25) is 9.59 Å². The third-order valence-corrected chi connectivity index (χ3v) is 6.12. The molecule has 37 heavy (non-hydrogen) atoms. The largest absolute Gasteiger partial charge is 0.507 e. The quantitative estimate of drug-likeness (QED) is 0.222. The first-order valence-electron chi connectivity index (χ1n) is 11.2. The highest BCUT2D eigenvalue weighted by atomic mass is 19.1. The van der Waals surface area contributed by atoms with E-state index < -0.39 is 35.3 Å². The van der Waals surface area contributed by atoms with Gasteiger partial charge in [0, 0.05) is 6.54 Å². The van der Waals surface area contributed by atoms with Gasteiger partial charge in [0.05, 0.1) is 44.1 Å². The first-order chi connectivity index (χ1) is 17.8. The summed E-state index contributed by atoms with van der Waals surface area (Å²) in [6.07, 6.45) is 0. The maximum absolute atomic E-state index is 14.1. The summed E-state index contributed by atoms with van der Waals surface area (Å²) in [6.45, 7) is -0.000211. The van der Waals surface area contributed by atoms with Crippen LogP contribution in [0.2, 0.25) is 0 Å². The van der Waals surface area contributed by atoms with E-state index in [4.69, 9.17) is 14.2 Å². The summed E-state index contributed by atoms with van der Waals surface area (Å²) in [7, 11) is 4.13. The van der Waals surface area contributed by atoms with Gasteiger partial charge in [-0.05, 0) is 53.6 Å². The maximum atomic E-state index is 14.1. The molecule has 1 aliphatic heterocycles. The zero-order valence-electron chi connectivity index (χ0n) is 20.4. The zero-order chi connectivity index (χ0) is 26.7. The third-order valence-electron chi connectivity index (χ3n) is 6.12. The zero-order valence-corrected chi connectivity index (χ0v) is 20.4. The number of methoxy groups -OCH3 is 3. The number of benzene rings is 3. The van der Waals surface area contributed by atoms with E-state index in [9.17, 15) is 23.9 Å². The van der Waals surface area contributed by atoms with Gasteiger partial charge in [0.1, 0.15) is 23.1 Å². The molecule has 1 fully saturated rings. The van der Waals surface area contributed by atoms with Crippen LogP contribution in [0.1, 0.15) is 33.1 Å². The molecule has 4 rings (SSSR count). The molecule has 3 aromatic carbocycles. The number of halogens is 1. The summed E-state index contributed by atoms with van der Waals surface area (Å²) in [6, 6.07) is 15.6. The van der Waals surface area contributed by atoms with E-state index in [1.807, 2.05) is 0 Å². The second kappa shape index (κ2) is 10.5.